The van der Waals surface area contributed by atoms with E-state index in [2.05, 4.69) is 16.0 Å². The molecular formula is C21H30N4O12S3. The lowest BCUT2D eigenvalue weighted by molar-refractivity contribution is 0.0891. The molecule has 3 heterocycles. The fourth-order valence-corrected chi connectivity index (χ4v) is 7.42. The molecule has 19 heteroatoms. The summed E-state index contributed by atoms with van der Waals surface area (Å²) in [4.78, 5) is 37.6. The van der Waals surface area contributed by atoms with E-state index in [1.54, 1.807) is 4.90 Å². The Hall–Kier alpha value is -3.16. The van der Waals surface area contributed by atoms with Gasteiger partial charge in [-0.1, -0.05) is 0 Å². The van der Waals surface area contributed by atoms with Crippen molar-refractivity contribution in [3.05, 3.63) is 34.5 Å². The van der Waals surface area contributed by atoms with Crippen molar-refractivity contribution in [3.8, 4) is 0 Å². The van der Waals surface area contributed by atoms with Crippen LogP contribution in [0.4, 0.5) is 14.4 Å². The van der Waals surface area contributed by atoms with Crippen LogP contribution in [0.15, 0.2) is 34.5 Å². The van der Waals surface area contributed by atoms with E-state index in [1.165, 1.54) is 18.2 Å². The Balaban J connectivity index is 1.41. The third-order valence-corrected chi connectivity index (χ3v) is 9.81. The molecule has 0 radical (unpaired) electrons. The van der Waals surface area contributed by atoms with Crippen molar-refractivity contribution in [1.82, 2.24) is 20.9 Å². The van der Waals surface area contributed by atoms with Crippen LogP contribution in [0, 0.1) is 0 Å². The zero-order chi connectivity index (χ0) is 29.4. The number of sulfone groups is 3. The first kappa shape index (κ1) is 31.4. The standard InChI is InChI=1S/C21H30N4O12S3/c26-19(22-16-1-10-38(29,30)13-16)35-7-4-25(5-8-36-20(27)23-17-2-11-39(31,32)14-17)6-9-37-21(28)24-18-3-12-40(33,34)15-18/h1-3,10-12,16-18H,4-9,13-15H2,(H,22,26)(H,23,27)(H,24,28). The van der Waals surface area contributed by atoms with E-state index in [1.807, 2.05) is 0 Å². The van der Waals surface area contributed by atoms with Crippen molar-refractivity contribution in [2.75, 3.05) is 56.7 Å². The molecule has 0 aromatic carbocycles. The molecule has 3 aliphatic rings. The molecule has 3 amide bonds. The van der Waals surface area contributed by atoms with Gasteiger partial charge in [-0.05, 0) is 18.2 Å². The highest BCUT2D eigenvalue weighted by atomic mass is 32.2. The number of hydrogen-bond acceptors (Lipinski definition) is 13. The molecule has 0 aromatic heterocycles. The maximum absolute atomic E-state index is 12.0. The Labute approximate surface area is 231 Å². The summed E-state index contributed by atoms with van der Waals surface area (Å²) < 4.78 is 83.9. The Kier molecular flexibility index (Phi) is 10.6. The van der Waals surface area contributed by atoms with Crippen LogP contribution < -0.4 is 16.0 Å². The van der Waals surface area contributed by atoms with E-state index in [-0.39, 0.29) is 56.7 Å². The molecule has 3 rings (SSSR count). The first-order valence-electron chi connectivity index (χ1n) is 12.0. The molecule has 0 fully saturated rings. The number of nitrogens with zero attached hydrogens (tertiary/aromatic N) is 1. The molecule has 3 aliphatic heterocycles. The van der Waals surface area contributed by atoms with Crippen molar-refractivity contribution < 1.29 is 53.8 Å². The van der Waals surface area contributed by atoms with Crippen LogP contribution in [0.25, 0.3) is 0 Å². The van der Waals surface area contributed by atoms with Gasteiger partial charge in [0, 0.05) is 35.9 Å². The molecule has 0 aromatic rings. The molecule has 224 valence electrons. The zero-order valence-electron chi connectivity index (χ0n) is 21.1. The second-order valence-electron chi connectivity index (χ2n) is 8.98. The molecule has 0 saturated heterocycles. The molecule has 0 aliphatic carbocycles. The minimum Gasteiger partial charge on any atom is -0.448 e. The average Bonchev–Trinajstić information content (AvgIpc) is 3.47. The van der Waals surface area contributed by atoms with Crippen molar-refractivity contribution in [2.24, 2.45) is 0 Å². The summed E-state index contributed by atoms with van der Waals surface area (Å²) >= 11 is 0. The predicted octanol–water partition coefficient (Wildman–Crippen LogP) is -1.60. The van der Waals surface area contributed by atoms with Gasteiger partial charge in [0.1, 0.15) is 19.8 Å². The van der Waals surface area contributed by atoms with Crippen LogP contribution in [-0.4, -0.2) is 123 Å². The largest absolute Gasteiger partial charge is 0.448 e. The smallest absolute Gasteiger partial charge is 0.407 e. The lowest BCUT2D eigenvalue weighted by atomic mass is 10.3. The third-order valence-electron chi connectivity index (χ3n) is 5.62. The quantitative estimate of drug-likeness (QED) is 0.208. The van der Waals surface area contributed by atoms with E-state index in [4.69, 9.17) is 14.2 Å². The number of carbonyl (C=O) groups excluding carboxylic acids is 3. The third kappa shape index (κ3) is 11.1. The minimum absolute atomic E-state index is 0.120. The van der Waals surface area contributed by atoms with Gasteiger partial charge in [-0.2, -0.15) is 0 Å². The topological polar surface area (TPSA) is 221 Å². The van der Waals surface area contributed by atoms with Crippen LogP contribution >= 0.6 is 0 Å². The Bertz CT molecular complexity index is 1210. The molecule has 3 N–H and O–H groups in total. The fraction of sp³-hybridized carbons (Fsp3) is 0.571. The van der Waals surface area contributed by atoms with E-state index in [0.717, 1.165) is 16.2 Å². The highest BCUT2D eigenvalue weighted by Gasteiger charge is 2.25. The Morgan fingerprint density at radius 3 is 1.07 bits per heavy atom. The average molecular weight is 627 g/mol. The van der Waals surface area contributed by atoms with Gasteiger partial charge in [-0.15, -0.1) is 0 Å². The highest BCUT2D eigenvalue weighted by molar-refractivity contribution is 7.95. The van der Waals surface area contributed by atoms with Gasteiger partial charge in [-0.25, -0.2) is 39.6 Å². The first-order valence-corrected chi connectivity index (χ1v) is 17.1. The van der Waals surface area contributed by atoms with Crippen LogP contribution in [0.2, 0.25) is 0 Å². The van der Waals surface area contributed by atoms with Gasteiger partial charge >= 0.3 is 18.3 Å². The molecule has 0 saturated carbocycles. The van der Waals surface area contributed by atoms with Gasteiger partial charge < -0.3 is 30.2 Å². The zero-order valence-corrected chi connectivity index (χ0v) is 23.6. The lowest BCUT2D eigenvalue weighted by Gasteiger charge is -2.22. The predicted molar refractivity (Wildman–Crippen MR) is 140 cm³/mol. The lowest BCUT2D eigenvalue weighted by Crippen LogP contribution is -2.41. The number of carbonyl (C=O) groups is 3. The van der Waals surface area contributed by atoms with Crippen molar-refractivity contribution in [1.29, 1.82) is 0 Å². The maximum atomic E-state index is 12.0. The number of amides is 3. The van der Waals surface area contributed by atoms with E-state index >= 15 is 0 Å². The van der Waals surface area contributed by atoms with Crippen molar-refractivity contribution in [3.63, 3.8) is 0 Å². The summed E-state index contributed by atoms with van der Waals surface area (Å²) in [6.45, 7) is -0.0468. The molecular weight excluding hydrogens is 596 g/mol. The van der Waals surface area contributed by atoms with E-state index in [9.17, 15) is 39.6 Å². The number of hydrogen-bond donors (Lipinski definition) is 3. The second-order valence-corrected chi connectivity index (χ2v) is 14.8. The van der Waals surface area contributed by atoms with Gasteiger partial charge in [0.05, 0.1) is 35.4 Å². The van der Waals surface area contributed by atoms with Crippen LogP contribution in [0.3, 0.4) is 0 Å². The maximum Gasteiger partial charge on any atom is 0.407 e. The summed E-state index contributed by atoms with van der Waals surface area (Å²) in [7, 11) is -10.1. The van der Waals surface area contributed by atoms with Gasteiger partial charge in [0.2, 0.25) is 0 Å². The summed E-state index contributed by atoms with van der Waals surface area (Å²) in [6, 6.07) is -2.12. The Morgan fingerprint density at radius 2 is 0.850 bits per heavy atom. The SMILES string of the molecule is O=C(NC1C=CS(=O)(=O)C1)OCCN(CCOC(=O)NC1C=CS(=O)(=O)C1)CCOC(=O)NC1C=CS(=O)(=O)C1. The number of ether oxygens (including phenoxy) is 3. The van der Waals surface area contributed by atoms with Crippen molar-refractivity contribution >= 4 is 47.8 Å². The molecule has 3 unspecified atom stereocenters. The summed E-state index contributed by atoms with van der Waals surface area (Å²) in [5, 5.41) is 10.3. The summed E-state index contributed by atoms with van der Waals surface area (Å²) in [5.41, 5.74) is 0. The molecule has 16 nitrogen and oxygen atoms in total. The number of rotatable bonds is 12. The Morgan fingerprint density at radius 1 is 0.575 bits per heavy atom. The first-order chi connectivity index (χ1) is 18.7. The van der Waals surface area contributed by atoms with E-state index < -0.39 is 65.9 Å². The van der Waals surface area contributed by atoms with Crippen molar-refractivity contribution in [2.45, 2.75) is 18.1 Å². The molecule has 0 bridgehead atoms. The molecule has 0 spiro atoms. The fourth-order valence-electron chi connectivity index (χ4n) is 3.71. The summed E-state index contributed by atoms with van der Waals surface area (Å²) in [5.74, 6) is -0.797. The molecule has 40 heavy (non-hydrogen) atoms. The number of alkyl carbamates (subject to hydrolysis) is 3. The monoisotopic (exact) mass is 626 g/mol. The van der Waals surface area contributed by atoms with Gasteiger partial charge in [0.25, 0.3) is 0 Å². The van der Waals surface area contributed by atoms with Gasteiger partial charge in [0.15, 0.2) is 29.5 Å². The van der Waals surface area contributed by atoms with E-state index in [0.29, 0.717) is 0 Å². The minimum atomic E-state index is -3.36. The van der Waals surface area contributed by atoms with Crippen LogP contribution in [0.5, 0.6) is 0 Å². The van der Waals surface area contributed by atoms with Crippen LogP contribution in [-0.2, 0) is 43.7 Å². The van der Waals surface area contributed by atoms with Gasteiger partial charge in [-0.3, -0.25) is 4.90 Å². The molecule has 3 atom stereocenters. The van der Waals surface area contributed by atoms with Crippen LogP contribution in [0.1, 0.15) is 0 Å². The normalized spacial score (nSPS) is 25.0. The number of nitrogens with one attached hydrogen (secondary N) is 3. The summed E-state index contributed by atoms with van der Waals surface area (Å²) in [6.07, 6.45) is 1.50. The highest BCUT2D eigenvalue weighted by Crippen LogP contribution is 2.09. The second kappa shape index (κ2) is 13.5.